The Morgan fingerprint density at radius 2 is 2.12 bits per heavy atom. The highest BCUT2D eigenvalue weighted by molar-refractivity contribution is 7.92. The lowest BCUT2D eigenvalue weighted by Gasteiger charge is -2.18. The maximum atomic E-state index is 12.2. The van der Waals surface area contributed by atoms with Crippen LogP contribution >= 0.6 is 11.3 Å². The number of sulfonamides is 1. The highest BCUT2D eigenvalue weighted by Gasteiger charge is 2.28. The van der Waals surface area contributed by atoms with E-state index >= 15 is 0 Å². The van der Waals surface area contributed by atoms with Gasteiger partial charge in [-0.2, -0.15) is 0 Å². The predicted octanol–water partition coefficient (Wildman–Crippen LogP) is 2.98. The summed E-state index contributed by atoms with van der Waals surface area (Å²) in [6.45, 7) is 2.18. The lowest BCUT2D eigenvalue weighted by atomic mass is 10.1. The molecule has 0 atom stereocenters. The van der Waals surface area contributed by atoms with E-state index in [9.17, 15) is 8.42 Å². The molecule has 4 rings (SSSR count). The Morgan fingerprint density at radius 1 is 1.24 bits per heavy atom. The molecule has 25 heavy (non-hydrogen) atoms. The molecule has 3 heterocycles. The minimum Gasteiger partial charge on any atom is -0.270 e. The average Bonchev–Trinajstić information content (AvgIpc) is 3.29. The average molecular weight is 372 g/mol. The second-order valence-corrected chi connectivity index (χ2v) is 8.73. The summed E-state index contributed by atoms with van der Waals surface area (Å²) in [4.78, 5) is 13.0. The van der Waals surface area contributed by atoms with Crippen LogP contribution in [0.5, 0.6) is 0 Å². The number of fused-ring (bicyclic) bond motifs is 1. The van der Waals surface area contributed by atoms with E-state index in [-0.39, 0.29) is 5.75 Å². The Labute approximate surface area is 150 Å². The van der Waals surface area contributed by atoms with Gasteiger partial charge in [-0.15, -0.1) is 11.3 Å². The largest absolute Gasteiger partial charge is 0.270 e. The van der Waals surface area contributed by atoms with Gasteiger partial charge in [0.05, 0.1) is 23.3 Å². The maximum absolute atomic E-state index is 12.2. The minimum atomic E-state index is -3.22. The number of nitrogens with zero attached hydrogens (tertiary/aromatic N) is 4. The van der Waals surface area contributed by atoms with Crippen LogP contribution in [-0.4, -0.2) is 35.7 Å². The van der Waals surface area contributed by atoms with Gasteiger partial charge in [-0.3, -0.25) is 14.3 Å². The molecule has 0 bridgehead atoms. The molecule has 0 saturated carbocycles. The molecule has 8 heteroatoms. The number of benzene rings is 1. The molecular weight excluding hydrogens is 356 g/mol. The van der Waals surface area contributed by atoms with Crippen molar-refractivity contribution in [1.29, 1.82) is 0 Å². The van der Waals surface area contributed by atoms with Crippen molar-refractivity contribution in [3.8, 4) is 22.0 Å². The zero-order valence-corrected chi connectivity index (χ0v) is 15.2. The van der Waals surface area contributed by atoms with Crippen molar-refractivity contribution in [3.63, 3.8) is 0 Å². The number of hydrogen-bond acceptors (Lipinski definition) is 6. The highest BCUT2D eigenvalue weighted by Crippen LogP contribution is 2.35. The summed E-state index contributed by atoms with van der Waals surface area (Å²) in [6, 6.07) is 5.85. The number of aromatic nitrogens is 3. The molecule has 0 radical (unpaired) electrons. The molecule has 0 spiro atoms. The van der Waals surface area contributed by atoms with Crippen LogP contribution in [0.1, 0.15) is 12.5 Å². The van der Waals surface area contributed by atoms with Crippen LogP contribution in [0.2, 0.25) is 0 Å². The van der Waals surface area contributed by atoms with Gasteiger partial charge in [0, 0.05) is 29.9 Å². The second-order valence-electron chi connectivity index (χ2n) is 5.69. The van der Waals surface area contributed by atoms with E-state index in [1.807, 2.05) is 23.6 Å². The van der Waals surface area contributed by atoms with Gasteiger partial charge in [-0.25, -0.2) is 13.4 Å². The minimum absolute atomic E-state index is 0.113. The molecule has 0 fully saturated rings. The van der Waals surface area contributed by atoms with Crippen LogP contribution < -0.4 is 4.31 Å². The summed E-state index contributed by atoms with van der Waals surface area (Å²) in [5.41, 5.74) is 4.44. The van der Waals surface area contributed by atoms with Crippen LogP contribution in [0.3, 0.4) is 0 Å². The topological polar surface area (TPSA) is 76.1 Å². The molecule has 1 aliphatic heterocycles. The summed E-state index contributed by atoms with van der Waals surface area (Å²) in [5, 5.41) is 2.81. The van der Waals surface area contributed by atoms with Crippen LogP contribution in [-0.2, 0) is 16.4 Å². The number of thiazole rings is 1. The molecule has 0 aliphatic carbocycles. The van der Waals surface area contributed by atoms with E-state index in [1.165, 1.54) is 15.6 Å². The zero-order valence-electron chi connectivity index (χ0n) is 13.6. The second kappa shape index (κ2) is 6.20. The number of rotatable bonds is 4. The Bertz CT molecular complexity index is 1020. The summed E-state index contributed by atoms with van der Waals surface area (Å²) < 4.78 is 25.9. The molecule has 0 amide bonds. The molecule has 3 aromatic rings. The molecular formula is C17H16N4O2S2. The van der Waals surface area contributed by atoms with Crippen molar-refractivity contribution < 1.29 is 8.42 Å². The standard InChI is InChI=1S/C17H16N4O2S2/c1-2-25(22,23)21-8-5-13-9-12(3-4-16(13)21)15-11-24-17(20-15)14-10-18-6-7-19-14/h3-4,6-7,9-11H,2,5,8H2,1H3. The monoisotopic (exact) mass is 372 g/mol. The van der Waals surface area contributed by atoms with Crippen LogP contribution in [0.15, 0.2) is 42.2 Å². The molecule has 6 nitrogen and oxygen atoms in total. The van der Waals surface area contributed by atoms with E-state index in [2.05, 4.69) is 15.0 Å². The fraction of sp³-hybridized carbons (Fsp3) is 0.235. The summed E-state index contributed by atoms with van der Waals surface area (Å²) in [5.74, 6) is 0.113. The third kappa shape index (κ3) is 2.91. The van der Waals surface area contributed by atoms with Gasteiger partial charge in [0.2, 0.25) is 10.0 Å². The van der Waals surface area contributed by atoms with Crippen LogP contribution in [0.4, 0.5) is 5.69 Å². The van der Waals surface area contributed by atoms with Gasteiger partial charge < -0.3 is 0 Å². The van der Waals surface area contributed by atoms with Gasteiger partial charge in [0.15, 0.2) is 0 Å². The lowest BCUT2D eigenvalue weighted by Crippen LogP contribution is -2.30. The normalized spacial score (nSPS) is 13.9. The van der Waals surface area contributed by atoms with Crippen molar-refractivity contribution in [2.24, 2.45) is 0 Å². The summed E-state index contributed by atoms with van der Waals surface area (Å²) in [7, 11) is -3.22. The first-order valence-corrected chi connectivity index (χ1v) is 10.4. The first-order chi connectivity index (χ1) is 12.1. The predicted molar refractivity (Wildman–Crippen MR) is 99.1 cm³/mol. The van der Waals surface area contributed by atoms with Crippen LogP contribution in [0.25, 0.3) is 22.0 Å². The fourth-order valence-corrected chi connectivity index (χ4v) is 4.86. The molecule has 0 unspecified atom stereocenters. The van der Waals surface area contributed by atoms with Crippen molar-refractivity contribution in [1.82, 2.24) is 15.0 Å². The van der Waals surface area contributed by atoms with Gasteiger partial charge in [-0.05, 0) is 31.0 Å². The first kappa shape index (κ1) is 16.2. The quantitative estimate of drug-likeness (QED) is 0.704. The number of hydrogen-bond donors (Lipinski definition) is 0. The summed E-state index contributed by atoms with van der Waals surface area (Å²) >= 11 is 1.52. The van der Waals surface area contributed by atoms with Gasteiger partial charge in [0.25, 0.3) is 0 Å². The SMILES string of the molecule is CCS(=O)(=O)N1CCc2cc(-c3csc(-c4cnccn4)n3)ccc21. The maximum Gasteiger partial charge on any atom is 0.234 e. The molecule has 1 aliphatic rings. The molecule has 128 valence electrons. The van der Waals surface area contributed by atoms with Gasteiger partial charge in [-0.1, -0.05) is 6.07 Å². The smallest absolute Gasteiger partial charge is 0.234 e. The third-order valence-electron chi connectivity index (χ3n) is 4.22. The first-order valence-electron chi connectivity index (χ1n) is 7.94. The fourth-order valence-electron chi connectivity index (χ4n) is 2.91. The van der Waals surface area contributed by atoms with Crippen molar-refractivity contribution >= 4 is 27.0 Å². The van der Waals surface area contributed by atoms with E-state index in [4.69, 9.17) is 0 Å². The highest BCUT2D eigenvalue weighted by atomic mass is 32.2. The Morgan fingerprint density at radius 3 is 2.88 bits per heavy atom. The molecule has 0 N–H and O–H groups in total. The van der Waals surface area contributed by atoms with Crippen molar-refractivity contribution in [3.05, 3.63) is 47.7 Å². The van der Waals surface area contributed by atoms with E-state index in [0.717, 1.165) is 39.6 Å². The van der Waals surface area contributed by atoms with Crippen LogP contribution in [0, 0.1) is 0 Å². The number of anilines is 1. The van der Waals surface area contributed by atoms with Gasteiger partial charge in [0.1, 0.15) is 10.7 Å². The van der Waals surface area contributed by atoms with E-state index in [1.54, 1.807) is 25.5 Å². The molecule has 1 aromatic carbocycles. The lowest BCUT2D eigenvalue weighted by molar-refractivity contribution is 0.593. The Balaban J connectivity index is 1.67. The molecule has 0 saturated heterocycles. The summed E-state index contributed by atoms with van der Waals surface area (Å²) in [6.07, 6.45) is 5.70. The Kier molecular flexibility index (Phi) is 4.01. The van der Waals surface area contributed by atoms with Crippen molar-refractivity contribution in [2.75, 3.05) is 16.6 Å². The van der Waals surface area contributed by atoms with E-state index < -0.39 is 10.0 Å². The van der Waals surface area contributed by atoms with Gasteiger partial charge >= 0.3 is 0 Å². The Hall–Kier alpha value is -2.32. The third-order valence-corrected chi connectivity index (χ3v) is 6.86. The zero-order chi connectivity index (χ0) is 17.4. The van der Waals surface area contributed by atoms with Crippen molar-refractivity contribution in [2.45, 2.75) is 13.3 Å². The molecule has 2 aromatic heterocycles. The van der Waals surface area contributed by atoms with E-state index in [0.29, 0.717) is 6.54 Å².